The highest BCUT2D eigenvalue weighted by Gasteiger charge is 2.34. The lowest BCUT2D eigenvalue weighted by atomic mass is 10.0. The first kappa shape index (κ1) is 19.7. The van der Waals surface area contributed by atoms with Crippen LogP contribution >= 0.6 is 11.8 Å². The molecule has 1 amide bonds. The molecule has 2 aromatic carbocycles. The Morgan fingerprint density at radius 3 is 2.52 bits per heavy atom. The van der Waals surface area contributed by atoms with Gasteiger partial charge in [-0.05, 0) is 35.4 Å². The van der Waals surface area contributed by atoms with E-state index in [0.29, 0.717) is 37.1 Å². The number of carbonyl (C=O) groups excluding carboxylic acids is 1. The normalized spacial score (nSPS) is 16.8. The Morgan fingerprint density at radius 2 is 1.86 bits per heavy atom. The van der Waals surface area contributed by atoms with Crippen molar-refractivity contribution in [3.63, 3.8) is 0 Å². The average Bonchev–Trinajstić information content (AvgIpc) is 3.36. The van der Waals surface area contributed by atoms with Gasteiger partial charge in [0.1, 0.15) is 0 Å². The summed E-state index contributed by atoms with van der Waals surface area (Å²) in [6.07, 6.45) is 2.47. The van der Waals surface area contributed by atoms with Crippen molar-refractivity contribution in [2.45, 2.75) is 43.5 Å². The van der Waals surface area contributed by atoms with E-state index in [4.69, 9.17) is 4.52 Å². The van der Waals surface area contributed by atoms with Crippen LogP contribution in [-0.4, -0.2) is 33.7 Å². The minimum absolute atomic E-state index is 0.0517. The highest BCUT2D eigenvalue weighted by Crippen LogP contribution is 2.30. The first-order valence-electron chi connectivity index (χ1n) is 9.88. The van der Waals surface area contributed by atoms with E-state index in [0.717, 1.165) is 11.1 Å². The maximum atomic E-state index is 12.5. The first-order chi connectivity index (χ1) is 14.0. The van der Waals surface area contributed by atoms with Gasteiger partial charge in [-0.3, -0.25) is 4.79 Å². The number of aromatic nitrogens is 2. The van der Waals surface area contributed by atoms with Gasteiger partial charge in [-0.15, -0.1) is 11.8 Å². The zero-order valence-electron chi connectivity index (χ0n) is 17.0. The highest BCUT2D eigenvalue weighted by atomic mass is 32.2. The van der Waals surface area contributed by atoms with Gasteiger partial charge in [0.15, 0.2) is 0 Å². The van der Waals surface area contributed by atoms with Gasteiger partial charge in [0.2, 0.25) is 17.6 Å². The van der Waals surface area contributed by atoms with Gasteiger partial charge in [0, 0.05) is 30.0 Å². The second-order valence-electron chi connectivity index (χ2n) is 7.76. The Morgan fingerprint density at radius 1 is 1.14 bits per heavy atom. The summed E-state index contributed by atoms with van der Waals surface area (Å²) in [5.41, 5.74) is 3.34. The molecule has 29 heavy (non-hydrogen) atoms. The van der Waals surface area contributed by atoms with Crippen molar-refractivity contribution in [1.82, 2.24) is 15.0 Å². The summed E-state index contributed by atoms with van der Waals surface area (Å²) < 4.78 is 5.52. The van der Waals surface area contributed by atoms with Crippen LogP contribution in [0.4, 0.5) is 0 Å². The third-order valence-electron chi connectivity index (χ3n) is 5.37. The molecular formula is C23H25N3O2S. The topological polar surface area (TPSA) is 59.2 Å². The van der Waals surface area contributed by atoms with Crippen molar-refractivity contribution in [2.24, 2.45) is 0 Å². The smallest absolute Gasteiger partial charge is 0.232 e. The van der Waals surface area contributed by atoms with Crippen LogP contribution in [-0.2, 0) is 11.3 Å². The van der Waals surface area contributed by atoms with E-state index in [1.807, 2.05) is 17.0 Å². The second-order valence-corrected chi connectivity index (χ2v) is 8.64. The van der Waals surface area contributed by atoms with E-state index in [9.17, 15) is 4.79 Å². The minimum atomic E-state index is -0.0517. The summed E-state index contributed by atoms with van der Waals surface area (Å²) in [7, 11) is 0. The number of nitrogens with zero attached hydrogens (tertiary/aromatic N) is 3. The Kier molecular flexibility index (Phi) is 5.72. The molecule has 0 spiro atoms. The largest absolute Gasteiger partial charge is 0.339 e. The predicted molar refractivity (Wildman–Crippen MR) is 115 cm³/mol. The van der Waals surface area contributed by atoms with E-state index >= 15 is 0 Å². The number of likely N-dealkylation sites (tertiary alicyclic amines) is 1. The fraction of sp³-hybridized carbons (Fsp3) is 0.348. The van der Waals surface area contributed by atoms with Gasteiger partial charge in [-0.2, -0.15) is 4.98 Å². The molecule has 1 aliphatic heterocycles. The summed E-state index contributed by atoms with van der Waals surface area (Å²) in [4.78, 5) is 20.2. The summed E-state index contributed by atoms with van der Waals surface area (Å²) >= 11 is 1.71. The average molecular weight is 408 g/mol. The van der Waals surface area contributed by atoms with E-state index in [1.54, 1.807) is 11.8 Å². The van der Waals surface area contributed by atoms with Gasteiger partial charge in [0.05, 0.1) is 5.92 Å². The second kappa shape index (κ2) is 8.41. The molecule has 5 nitrogen and oxygen atoms in total. The van der Waals surface area contributed by atoms with Crippen LogP contribution < -0.4 is 0 Å². The van der Waals surface area contributed by atoms with E-state index in [2.05, 4.69) is 66.6 Å². The van der Waals surface area contributed by atoms with Crippen LogP contribution in [0.2, 0.25) is 0 Å². The Balaban J connectivity index is 1.43. The quantitative estimate of drug-likeness (QED) is 0.532. The standard InChI is InChI=1S/C23H25N3O2S/c1-15(2)17-6-8-18(9-7-17)22-24-23(28-25-22)19-12-21(27)26(14-19)13-16-4-10-20(29-3)11-5-16/h4-11,15,19H,12-14H2,1-3H3. The summed E-state index contributed by atoms with van der Waals surface area (Å²) in [6, 6.07) is 16.6. The van der Waals surface area contributed by atoms with Crippen LogP contribution in [0.25, 0.3) is 11.4 Å². The number of amides is 1. The molecule has 3 aromatic rings. The molecule has 1 fully saturated rings. The van der Waals surface area contributed by atoms with Crippen molar-refractivity contribution in [1.29, 1.82) is 0 Å². The van der Waals surface area contributed by atoms with Gasteiger partial charge >= 0.3 is 0 Å². The first-order valence-corrected chi connectivity index (χ1v) is 11.1. The third-order valence-corrected chi connectivity index (χ3v) is 6.12. The minimum Gasteiger partial charge on any atom is -0.339 e. The van der Waals surface area contributed by atoms with Crippen molar-refractivity contribution in [2.75, 3.05) is 12.8 Å². The third kappa shape index (κ3) is 4.37. The van der Waals surface area contributed by atoms with E-state index in [-0.39, 0.29) is 11.8 Å². The van der Waals surface area contributed by atoms with Crippen molar-refractivity contribution in [3.8, 4) is 11.4 Å². The Bertz CT molecular complexity index is 980. The van der Waals surface area contributed by atoms with Crippen LogP contribution in [0.15, 0.2) is 57.9 Å². The van der Waals surface area contributed by atoms with Crippen LogP contribution in [0.5, 0.6) is 0 Å². The molecule has 0 aliphatic carbocycles. The number of rotatable bonds is 6. The summed E-state index contributed by atoms with van der Waals surface area (Å²) in [5, 5.41) is 4.14. The zero-order chi connectivity index (χ0) is 20.4. The predicted octanol–water partition coefficient (Wildman–Crippen LogP) is 5.10. The molecule has 1 saturated heterocycles. The van der Waals surface area contributed by atoms with Gasteiger partial charge < -0.3 is 9.42 Å². The molecule has 0 bridgehead atoms. The Labute approximate surface area is 175 Å². The van der Waals surface area contributed by atoms with Crippen molar-refractivity contribution < 1.29 is 9.32 Å². The van der Waals surface area contributed by atoms with Crippen molar-refractivity contribution in [3.05, 3.63) is 65.5 Å². The fourth-order valence-electron chi connectivity index (χ4n) is 3.58. The lowest BCUT2D eigenvalue weighted by Crippen LogP contribution is -2.24. The molecule has 6 heteroatoms. The van der Waals surface area contributed by atoms with E-state index < -0.39 is 0 Å². The van der Waals surface area contributed by atoms with Crippen LogP contribution in [0.1, 0.15) is 49.1 Å². The molecule has 1 unspecified atom stereocenters. The van der Waals surface area contributed by atoms with Crippen LogP contribution in [0.3, 0.4) is 0 Å². The van der Waals surface area contributed by atoms with Gasteiger partial charge in [0.25, 0.3) is 0 Å². The molecule has 4 rings (SSSR count). The SMILES string of the molecule is CSc1ccc(CN2CC(c3nc(-c4ccc(C(C)C)cc4)no3)CC2=O)cc1. The molecule has 0 saturated carbocycles. The molecule has 1 atom stereocenters. The maximum Gasteiger partial charge on any atom is 0.232 e. The molecule has 0 N–H and O–H groups in total. The molecule has 150 valence electrons. The fourth-order valence-corrected chi connectivity index (χ4v) is 3.99. The number of hydrogen-bond donors (Lipinski definition) is 0. The van der Waals surface area contributed by atoms with E-state index in [1.165, 1.54) is 10.5 Å². The zero-order valence-corrected chi connectivity index (χ0v) is 17.8. The van der Waals surface area contributed by atoms with Gasteiger partial charge in [-0.25, -0.2) is 0 Å². The maximum absolute atomic E-state index is 12.5. The summed E-state index contributed by atoms with van der Waals surface area (Å²) in [5.74, 6) is 1.68. The highest BCUT2D eigenvalue weighted by molar-refractivity contribution is 7.98. The molecule has 2 heterocycles. The van der Waals surface area contributed by atoms with Crippen LogP contribution in [0, 0.1) is 0 Å². The number of thioether (sulfide) groups is 1. The lowest BCUT2D eigenvalue weighted by molar-refractivity contribution is -0.128. The van der Waals surface area contributed by atoms with Crippen molar-refractivity contribution >= 4 is 17.7 Å². The van der Waals surface area contributed by atoms with Gasteiger partial charge in [-0.1, -0.05) is 55.4 Å². The number of hydrogen-bond acceptors (Lipinski definition) is 5. The molecule has 0 radical (unpaired) electrons. The monoisotopic (exact) mass is 407 g/mol. The molecule has 1 aromatic heterocycles. The Hall–Kier alpha value is -2.60. The number of carbonyl (C=O) groups is 1. The molecule has 1 aliphatic rings. The summed E-state index contributed by atoms with van der Waals surface area (Å²) in [6.45, 7) is 5.56. The molecular weight excluding hydrogens is 382 g/mol. The number of benzene rings is 2. The lowest BCUT2D eigenvalue weighted by Gasteiger charge is -2.16.